The van der Waals surface area contributed by atoms with Crippen molar-refractivity contribution < 1.29 is 14.7 Å². The van der Waals surface area contributed by atoms with Crippen molar-refractivity contribution in [2.75, 3.05) is 5.75 Å². The Morgan fingerprint density at radius 2 is 1.61 bits per heavy atom. The summed E-state index contributed by atoms with van der Waals surface area (Å²) in [5.41, 5.74) is 3.53. The maximum absolute atomic E-state index is 13.4. The number of carboxylic acids is 1. The normalized spacial score (nSPS) is 17.9. The minimum atomic E-state index is -1.04. The second-order valence-electron chi connectivity index (χ2n) is 7.04. The summed E-state index contributed by atoms with van der Waals surface area (Å²) in [6.45, 7) is 0. The lowest BCUT2D eigenvalue weighted by atomic mass is 10.0. The van der Waals surface area contributed by atoms with Gasteiger partial charge in [-0.3, -0.25) is 4.79 Å². The van der Waals surface area contributed by atoms with Crippen LogP contribution in [0, 0.1) is 11.3 Å². The lowest BCUT2D eigenvalue weighted by molar-refractivity contribution is -0.141. The standard InChI is InChI=1S/C24H17ClN2O3S/c25-20-4-2-1-3-19(20)23-27(21(14-31-23)24(29)30)22(28)18-11-9-17(10-12-18)16-7-5-15(13-26)6-8-16/h1-12,21,23H,14H2,(H,29,30)/t21-,23+/m0/s1. The van der Waals surface area contributed by atoms with E-state index in [1.807, 2.05) is 36.4 Å². The minimum Gasteiger partial charge on any atom is -0.480 e. The summed E-state index contributed by atoms with van der Waals surface area (Å²) in [6.07, 6.45) is 0. The Balaban J connectivity index is 1.64. The highest BCUT2D eigenvalue weighted by Crippen LogP contribution is 2.44. The molecule has 5 nitrogen and oxygen atoms in total. The predicted octanol–water partition coefficient (Wildman–Crippen LogP) is 5.22. The summed E-state index contributed by atoms with van der Waals surface area (Å²) in [6, 6.07) is 22.5. The van der Waals surface area contributed by atoms with E-state index in [0.717, 1.165) is 16.7 Å². The molecule has 3 aromatic carbocycles. The van der Waals surface area contributed by atoms with Crippen LogP contribution >= 0.6 is 23.4 Å². The van der Waals surface area contributed by atoms with Crippen LogP contribution in [0.1, 0.15) is 26.9 Å². The Labute approximate surface area is 188 Å². The molecule has 0 aromatic heterocycles. The van der Waals surface area contributed by atoms with Gasteiger partial charge in [-0.1, -0.05) is 54.1 Å². The molecular weight excluding hydrogens is 432 g/mol. The van der Waals surface area contributed by atoms with Gasteiger partial charge in [0, 0.05) is 21.9 Å². The number of thioether (sulfide) groups is 1. The van der Waals surface area contributed by atoms with Crippen LogP contribution in [-0.2, 0) is 4.79 Å². The highest BCUT2D eigenvalue weighted by molar-refractivity contribution is 7.99. The summed E-state index contributed by atoms with van der Waals surface area (Å²) >= 11 is 7.73. The third kappa shape index (κ3) is 4.15. The van der Waals surface area contributed by atoms with Gasteiger partial charge in [-0.05, 0) is 41.5 Å². The quantitative estimate of drug-likeness (QED) is 0.591. The van der Waals surface area contributed by atoms with Gasteiger partial charge < -0.3 is 10.0 Å². The lowest BCUT2D eigenvalue weighted by Crippen LogP contribution is -2.43. The van der Waals surface area contributed by atoms with Gasteiger partial charge in [0.1, 0.15) is 11.4 Å². The van der Waals surface area contributed by atoms with Crippen molar-refractivity contribution in [2.45, 2.75) is 11.4 Å². The zero-order chi connectivity index (χ0) is 22.0. The van der Waals surface area contributed by atoms with Crippen LogP contribution in [0.3, 0.4) is 0 Å². The summed E-state index contributed by atoms with van der Waals surface area (Å²) < 4.78 is 0. The highest BCUT2D eigenvalue weighted by atomic mass is 35.5. The molecule has 154 valence electrons. The minimum absolute atomic E-state index is 0.292. The first-order valence-corrected chi connectivity index (χ1v) is 10.9. The summed E-state index contributed by atoms with van der Waals surface area (Å²) in [5.74, 6) is -1.10. The summed E-state index contributed by atoms with van der Waals surface area (Å²) in [4.78, 5) is 26.6. The van der Waals surface area contributed by atoms with Crippen LogP contribution in [0.15, 0.2) is 72.8 Å². The van der Waals surface area contributed by atoms with Gasteiger partial charge in [0.15, 0.2) is 0 Å². The van der Waals surface area contributed by atoms with E-state index in [4.69, 9.17) is 16.9 Å². The summed E-state index contributed by atoms with van der Waals surface area (Å²) in [5, 5.41) is 18.7. The molecule has 0 unspecified atom stereocenters. The van der Waals surface area contributed by atoms with Crippen molar-refractivity contribution in [2.24, 2.45) is 0 Å². The number of rotatable bonds is 4. The number of benzene rings is 3. The van der Waals surface area contributed by atoms with E-state index < -0.39 is 17.4 Å². The van der Waals surface area contributed by atoms with Crippen molar-refractivity contribution in [1.29, 1.82) is 5.26 Å². The molecule has 2 atom stereocenters. The fourth-order valence-corrected chi connectivity index (χ4v) is 5.31. The molecule has 0 radical (unpaired) electrons. The number of nitrogens with zero attached hydrogens (tertiary/aromatic N) is 2. The van der Waals surface area contributed by atoms with E-state index in [1.165, 1.54) is 16.7 Å². The van der Waals surface area contributed by atoms with Crippen molar-refractivity contribution in [3.8, 4) is 17.2 Å². The van der Waals surface area contributed by atoms with Gasteiger partial charge in [-0.15, -0.1) is 11.8 Å². The Bertz CT molecular complexity index is 1170. The number of carboxylic acid groups (broad SMARTS) is 1. The van der Waals surface area contributed by atoms with Gasteiger partial charge in [-0.25, -0.2) is 4.79 Å². The van der Waals surface area contributed by atoms with Crippen LogP contribution in [0.4, 0.5) is 0 Å². The molecule has 1 saturated heterocycles. The fourth-order valence-electron chi connectivity index (χ4n) is 3.55. The topological polar surface area (TPSA) is 81.4 Å². The predicted molar refractivity (Wildman–Crippen MR) is 121 cm³/mol. The monoisotopic (exact) mass is 448 g/mol. The van der Waals surface area contributed by atoms with Gasteiger partial charge in [-0.2, -0.15) is 5.26 Å². The number of carbonyl (C=O) groups excluding carboxylic acids is 1. The van der Waals surface area contributed by atoms with Crippen LogP contribution in [0.25, 0.3) is 11.1 Å². The van der Waals surface area contributed by atoms with Gasteiger partial charge in [0.25, 0.3) is 5.91 Å². The first-order chi connectivity index (χ1) is 15.0. The van der Waals surface area contributed by atoms with Crippen LogP contribution < -0.4 is 0 Å². The molecular formula is C24H17ClN2O3S. The third-order valence-corrected chi connectivity index (χ3v) is 6.82. The molecule has 1 N–H and O–H groups in total. The molecule has 1 fully saturated rings. The molecule has 0 aliphatic carbocycles. The van der Waals surface area contributed by atoms with Crippen LogP contribution in [0.5, 0.6) is 0 Å². The smallest absolute Gasteiger partial charge is 0.327 e. The van der Waals surface area contributed by atoms with Crippen molar-refractivity contribution >= 4 is 35.2 Å². The largest absolute Gasteiger partial charge is 0.480 e. The van der Waals surface area contributed by atoms with E-state index in [2.05, 4.69) is 6.07 Å². The average molecular weight is 449 g/mol. The average Bonchev–Trinajstić information content (AvgIpc) is 3.24. The Morgan fingerprint density at radius 1 is 1.00 bits per heavy atom. The van der Waals surface area contributed by atoms with Gasteiger partial charge >= 0.3 is 5.97 Å². The number of hydrogen-bond donors (Lipinski definition) is 1. The molecule has 7 heteroatoms. The fraction of sp³-hybridized carbons (Fsp3) is 0.125. The van der Waals surface area contributed by atoms with Crippen molar-refractivity contribution in [3.63, 3.8) is 0 Å². The van der Waals surface area contributed by atoms with Gasteiger partial charge in [0.05, 0.1) is 11.6 Å². The first-order valence-electron chi connectivity index (χ1n) is 9.51. The first kappa shape index (κ1) is 21.0. The molecule has 3 aromatic rings. The summed E-state index contributed by atoms with van der Waals surface area (Å²) in [7, 11) is 0. The van der Waals surface area contributed by atoms with E-state index in [1.54, 1.807) is 36.4 Å². The number of amides is 1. The van der Waals surface area contributed by atoms with E-state index >= 15 is 0 Å². The third-order valence-electron chi connectivity index (χ3n) is 5.17. The SMILES string of the molecule is N#Cc1ccc(-c2ccc(C(=O)N3[C@@H](c4ccccc4Cl)SC[C@H]3C(=O)O)cc2)cc1. The molecule has 1 aliphatic rings. The molecule has 1 heterocycles. The van der Waals surface area contributed by atoms with Gasteiger partial charge in [0.2, 0.25) is 0 Å². The molecule has 1 aliphatic heterocycles. The van der Waals surface area contributed by atoms with Crippen LogP contribution in [0.2, 0.25) is 5.02 Å². The van der Waals surface area contributed by atoms with E-state index in [9.17, 15) is 14.7 Å². The number of nitriles is 1. The Morgan fingerprint density at radius 3 is 2.19 bits per heavy atom. The zero-order valence-electron chi connectivity index (χ0n) is 16.2. The second-order valence-corrected chi connectivity index (χ2v) is 8.56. The number of halogens is 1. The van der Waals surface area contributed by atoms with Crippen LogP contribution in [-0.4, -0.2) is 33.7 Å². The number of carbonyl (C=O) groups is 2. The van der Waals surface area contributed by atoms with Crippen molar-refractivity contribution in [1.82, 2.24) is 4.90 Å². The maximum Gasteiger partial charge on any atom is 0.327 e. The molecule has 1 amide bonds. The molecule has 0 saturated carbocycles. The van der Waals surface area contributed by atoms with E-state index in [0.29, 0.717) is 21.9 Å². The molecule has 0 bridgehead atoms. The lowest BCUT2D eigenvalue weighted by Gasteiger charge is -2.28. The maximum atomic E-state index is 13.4. The second kappa shape index (κ2) is 8.84. The number of aliphatic carboxylic acids is 1. The zero-order valence-corrected chi connectivity index (χ0v) is 17.8. The molecule has 0 spiro atoms. The Hall–Kier alpha value is -3.27. The van der Waals surface area contributed by atoms with E-state index in [-0.39, 0.29) is 5.91 Å². The Kier molecular flexibility index (Phi) is 5.99. The molecule has 4 rings (SSSR count). The number of hydrogen-bond acceptors (Lipinski definition) is 4. The van der Waals surface area contributed by atoms with Crippen molar-refractivity contribution in [3.05, 3.63) is 94.5 Å². The highest BCUT2D eigenvalue weighted by Gasteiger charge is 2.43. The molecule has 31 heavy (non-hydrogen) atoms.